The number of nitrogens with zero attached hydrogens (tertiary/aromatic N) is 3. The summed E-state index contributed by atoms with van der Waals surface area (Å²) < 4.78 is 27.5. The molecule has 1 fully saturated rings. The topological polar surface area (TPSA) is 60.9 Å². The third kappa shape index (κ3) is 4.90. The second kappa shape index (κ2) is 9.73. The number of benzene rings is 2. The van der Waals surface area contributed by atoms with Crippen molar-refractivity contribution in [1.29, 1.82) is 0 Å². The lowest BCUT2D eigenvalue weighted by Crippen LogP contribution is -2.44. The van der Waals surface area contributed by atoms with Crippen LogP contribution in [0.2, 0.25) is 0 Å². The molecule has 0 bridgehead atoms. The van der Waals surface area contributed by atoms with Gasteiger partial charge in [-0.2, -0.15) is 4.31 Å². The molecule has 2 aliphatic heterocycles. The fourth-order valence-electron chi connectivity index (χ4n) is 4.57. The number of fused-ring (bicyclic) bond motifs is 1. The lowest BCUT2D eigenvalue weighted by molar-refractivity contribution is -0.120. The van der Waals surface area contributed by atoms with Crippen molar-refractivity contribution < 1.29 is 13.2 Å². The molecule has 0 atom stereocenters. The molecular formula is C25H33N3O3S. The molecule has 7 heteroatoms. The van der Waals surface area contributed by atoms with Crippen molar-refractivity contribution in [3.8, 4) is 0 Å². The van der Waals surface area contributed by atoms with Gasteiger partial charge in [-0.25, -0.2) is 8.42 Å². The van der Waals surface area contributed by atoms with Crippen LogP contribution >= 0.6 is 0 Å². The first kappa shape index (κ1) is 23.0. The Morgan fingerprint density at radius 1 is 1.00 bits per heavy atom. The normalized spacial score (nSPS) is 17.2. The van der Waals surface area contributed by atoms with Gasteiger partial charge in [-0.15, -0.1) is 0 Å². The molecule has 1 saturated heterocycles. The van der Waals surface area contributed by atoms with E-state index in [1.807, 2.05) is 29.2 Å². The molecule has 4 rings (SSSR count). The number of carbonyl (C=O) groups is 1. The summed E-state index contributed by atoms with van der Waals surface area (Å²) >= 11 is 0. The number of carbonyl (C=O) groups excluding carboxylic acids is 1. The highest BCUT2D eigenvalue weighted by atomic mass is 32.2. The molecule has 2 heterocycles. The molecule has 0 spiro atoms. The smallest absolute Gasteiger partial charge is 0.243 e. The molecule has 32 heavy (non-hydrogen) atoms. The summed E-state index contributed by atoms with van der Waals surface area (Å²) in [6, 6.07) is 15.7. The maximum Gasteiger partial charge on any atom is 0.243 e. The first-order valence-electron chi connectivity index (χ1n) is 11.6. The number of aryl methyl sites for hydroxylation is 1. The predicted molar refractivity (Wildman–Crippen MR) is 127 cm³/mol. The van der Waals surface area contributed by atoms with Crippen LogP contribution in [-0.4, -0.2) is 55.8 Å². The van der Waals surface area contributed by atoms with Gasteiger partial charge in [0.15, 0.2) is 0 Å². The average Bonchev–Trinajstić information content (AvgIpc) is 3.34. The maximum absolute atomic E-state index is 13.3. The summed E-state index contributed by atoms with van der Waals surface area (Å²) in [5.74, 6) is 0.0609. The van der Waals surface area contributed by atoms with Crippen LogP contribution in [0.15, 0.2) is 53.4 Å². The summed E-state index contributed by atoms with van der Waals surface area (Å²) in [6.45, 7) is 7.12. The van der Waals surface area contributed by atoms with E-state index in [-0.39, 0.29) is 11.9 Å². The third-order valence-electron chi connectivity index (χ3n) is 6.47. The van der Waals surface area contributed by atoms with Gasteiger partial charge in [0.05, 0.1) is 11.4 Å². The number of hydrogen-bond acceptors (Lipinski definition) is 4. The highest BCUT2D eigenvalue weighted by Crippen LogP contribution is 2.31. The highest BCUT2D eigenvalue weighted by Gasteiger charge is 2.30. The minimum atomic E-state index is -3.45. The second-order valence-corrected chi connectivity index (χ2v) is 11.0. The van der Waals surface area contributed by atoms with Crippen molar-refractivity contribution in [3.63, 3.8) is 0 Å². The monoisotopic (exact) mass is 455 g/mol. The van der Waals surface area contributed by atoms with Crippen LogP contribution in [0.25, 0.3) is 0 Å². The average molecular weight is 456 g/mol. The molecule has 0 unspecified atom stereocenters. The van der Waals surface area contributed by atoms with Crippen LogP contribution in [0.5, 0.6) is 0 Å². The third-order valence-corrected chi connectivity index (χ3v) is 8.37. The van der Waals surface area contributed by atoms with Crippen LogP contribution in [0.1, 0.15) is 44.2 Å². The fourth-order valence-corrected chi connectivity index (χ4v) is 6.14. The Labute approximate surface area is 191 Å². The van der Waals surface area contributed by atoms with Crippen molar-refractivity contribution in [2.75, 3.05) is 31.1 Å². The minimum Gasteiger partial charge on any atom is -0.311 e. The largest absolute Gasteiger partial charge is 0.311 e. The number of amides is 1. The second-order valence-electron chi connectivity index (χ2n) is 9.03. The van der Waals surface area contributed by atoms with Crippen molar-refractivity contribution in [3.05, 3.63) is 59.7 Å². The Morgan fingerprint density at radius 2 is 1.72 bits per heavy atom. The van der Waals surface area contributed by atoms with E-state index < -0.39 is 10.0 Å². The predicted octanol–water partition coefficient (Wildman–Crippen LogP) is 3.66. The van der Waals surface area contributed by atoms with Gasteiger partial charge in [-0.3, -0.25) is 9.69 Å². The zero-order valence-electron chi connectivity index (χ0n) is 19.0. The van der Waals surface area contributed by atoms with Gasteiger partial charge >= 0.3 is 0 Å². The first-order valence-corrected chi connectivity index (χ1v) is 13.0. The van der Waals surface area contributed by atoms with E-state index in [1.54, 1.807) is 16.4 Å². The van der Waals surface area contributed by atoms with E-state index in [9.17, 15) is 13.2 Å². The lowest BCUT2D eigenvalue weighted by Gasteiger charge is -2.33. The van der Waals surface area contributed by atoms with Gasteiger partial charge < -0.3 is 4.90 Å². The van der Waals surface area contributed by atoms with E-state index in [2.05, 4.69) is 30.9 Å². The van der Waals surface area contributed by atoms with E-state index in [4.69, 9.17) is 0 Å². The SMILES string of the molecule is CC(C)N(CC(=O)N1CCCc2cc(S(=O)(=O)N3CCCC3)ccc21)Cc1ccccc1. The van der Waals surface area contributed by atoms with Crippen LogP contribution in [-0.2, 0) is 27.8 Å². The van der Waals surface area contributed by atoms with Crippen LogP contribution in [0, 0.1) is 0 Å². The number of rotatable bonds is 7. The molecular weight excluding hydrogens is 422 g/mol. The summed E-state index contributed by atoms with van der Waals surface area (Å²) in [4.78, 5) is 17.7. The molecule has 0 saturated carbocycles. The minimum absolute atomic E-state index is 0.0609. The molecule has 0 N–H and O–H groups in total. The number of anilines is 1. The van der Waals surface area contributed by atoms with Gasteiger partial charge in [-0.1, -0.05) is 30.3 Å². The summed E-state index contributed by atoms with van der Waals surface area (Å²) in [5.41, 5.74) is 2.99. The Bertz CT molecular complexity index is 1050. The number of hydrogen-bond donors (Lipinski definition) is 0. The molecule has 1 amide bonds. The van der Waals surface area contributed by atoms with Crippen LogP contribution in [0.4, 0.5) is 5.69 Å². The molecule has 0 radical (unpaired) electrons. The molecule has 172 valence electrons. The highest BCUT2D eigenvalue weighted by molar-refractivity contribution is 7.89. The zero-order valence-corrected chi connectivity index (χ0v) is 19.9. The first-order chi connectivity index (χ1) is 15.4. The van der Waals surface area contributed by atoms with Crippen molar-refractivity contribution in [2.24, 2.45) is 0 Å². The Hall–Kier alpha value is -2.22. The van der Waals surface area contributed by atoms with Gasteiger partial charge in [0, 0.05) is 37.9 Å². The fraction of sp³-hybridized carbons (Fsp3) is 0.480. The summed E-state index contributed by atoms with van der Waals surface area (Å²) in [7, 11) is -3.45. The lowest BCUT2D eigenvalue weighted by atomic mass is 10.0. The summed E-state index contributed by atoms with van der Waals surface area (Å²) in [6.07, 6.45) is 3.47. The van der Waals surface area contributed by atoms with Crippen molar-refractivity contribution in [1.82, 2.24) is 9.21 Å². The van der Waals surface area contributed by atoms with Crippen molar-refractivity contribution in [2.45, 2.75) is 57.0 Å². The molecule has 2 aliphatic rings. The standard InChI is InChI=1S/C25H33N3O3S/c1-20(2)26(18-21-9-4-3-5-10-21)19-25(29)28-16-8-11-22-17-23(12-13-24(22)28)32(30,31)27-14-6-7-15-27/h3-5,9-10,12-13,17,20H,6-8,11,14-16,18-19H2,1-2H3. The van der Waals surface area contributed by atoms with Gasteiger partial charge in [0.2, 0.25) is 15.9 Å². The van der Waals surface area contributed by atoms with Crippen molar-refractivity contribution >= 4 is 21.6 Å². The number of sulfonamides is 1. The van der Waals surface area contributed by atoms with E-state index in [1.165, 1.54) is 5.56 Å². The Morgan fingerprint density at radius 3 is 2.41 bits per heavy atom. The van der Waals surface area contributed by atoms with Gasteiger partial charge in [0.1, 0.15) is 0 Å². The van der Waals surface area contributed by atoms with Gasteiger partial charge in [-0.05, 0) is 68.9 Å². The van der Waals surface area contributed by atoms with Crippen LogP contribution in [0.3, 0.4) is 0 Å². The molecule has 6 nitrogen and oxygen atoms in total. The molecule has 0 aliphatic carbocycles. The Balaban J connectivity index is 1.52. The maximum atomic E-state index is 13.3. The molecule has 0 aromatic heterocycles. The van der Waals surface area contributed by atoms with Gasteiger partial charge in [0.25, 0.3) is 0 Å². The summed E-state index contributed by atoms with van der Waals surface area (Å²) in [5, 5.41) is 0. The quantitative estimate of drug-likeness (QED) is 0.639. The van der Waals surface area contributed by atoms with E-state index >= 15 is 0 Å². The Kier molecular flexibility index (Phi) is 6.98. The van der Waals surface area contributed by atoms with Crippen LogP contribution < -0.4 is 4.90 Å². The van der Waals surface area contributed by atoms with E-state index in [0.29, 0.717) is 31.1 Å². The molecule has 2 aromatic carbocycles. The zero-order chi connectivity index (χ0) is 22.7. The molecule has 2 aromatic rings. The van der Waals surface area contributed by atoms with E-state index in [0.717, 1.165) is 43.5 Å².